The minimum Gasteiger partial charge on any atom is -0.444 e. The van der Waals surface area contributed by atoms with Gasteiger partial charge in [0.25, 0.3) is 11.5 Å². The van der Waals surface area contributed by atoms with E-state index in [0.29, 0.717) is 23.2 Å². The van der Waals surface area contributed by atoms with Gasteiger partial charge in [-0.05, 0) is 25.8 Å². The Morgan fingerprint density at radius 1 is 1.23 bits per heavy atom. The van der Waals surface area contributed by atoms with E-state index >= 15 is 0 Å². The monoisotopic (exact) mass is 354 g/mol. The number of carbonyl (C=O) groups excluding carboxylic acids is 1. The number of aryl methyl sites for hydroxylation is 2. The van der Waals surface area contributed by atoms with Gasteiger partial charge in [0.05, 0.1) is 17.6 Å². The summed E-state index contributed by atoms with van der Waals surface area (Å²) in [6, 6.07) is 7.02. The highest BCUT2D eigenvalue weighted by Gasteiger charge is 2.17. The van der Waals surface area contributed by atoms with Crippen LogP contribution in [0.1, 0.15) is 41.7 Å². The van der Waals surface area contributed by atoms with Crippen molar-refractivity contribution in [3.05, 3.63) is 57.7 Å². The Morgan fingerprint density at radius 3 is 2.54 bits per heavy atom. The largest absolute Gasteiger partial charge is 0.444 e. The van der Waals surface area contributed by atoms with Crippen molar-refractivity contribution in [3.8, 4) is 0 Å². The summed E-state index contributed by atoms with van der Waals surface area (Å²) in [6.07, 6.45) is 0. The number of nitrogens with one attached hydrogen (secondary N) is 1. The number of nitrogens with zero attached hydrogens (tertiary/aromatic N) is 3. The zero-order chi connectivity index (χ0) is 18.8. The van der Waals surface area contributed by atoms with Crippen molar-refractivity contribution in [2.24, 2.45) is 5.92 Å². The van der Waals surface area contributed by atoms with Crippen LogP contribution in [0.4, 0.5) is 0 Å². The molecule has 3 rings (SSSR count). The van der Waals surface area contributed by atoms with Crippen LogP contribution in [-0.2, 0) is 13.1 Å². The zero-order valence-corrected chi connectivity index (χ0v) is 15.4. The predicted molar refractivity (Wildman–Crippen MR) is 98.0 cm³/mol. The fraction of sp³-hybridized carbons (Fsp3) is 0.368. The second-order valence-electron chi connectivity index (χ2n) is 6.71. The van der Waals surface area contributed by atoms with Gasteiger partial charge in [-0.3, -0.25) is 9.59 Å². The summed E-state index contributed by atoms with van der Waals surface area (Å²) in [5.74, 6) is 1.03. The molecule has 0 aliphatic rings. The zero-order valence-electron chi connectivity index (χ0n) is 15.4. The van der Waals surface area contributed by atoms with Gasteiger partial charge in [0.1, 0.15) is 5.76 Å². The van der Waals surface area contributed by atoms with E-state index in [0.717, 1.165) is 11.5 Å². The van der Waals surface area contributed by atoms with Gasteiger partial charge in [0, 0.05) is 11.9 Å². The van der Waals surface area contributed by atoms with Crippen molar-refractivity contribution in [1.82, 2.24) is 20.1 Å². The van der Waals surface area contributed by atoms with Crippen LogP contribution in [0.5, 0.6) is 0 Å². The Morgan fingerprint density at radius 2 is 1.92 bits per heavy atom. The molecule has 0 saturated heterocycles. The molecule has 0 aliphatic heterocycles. The van der Waals surface area contributed by atoms with E-state index in [1.165, 1.54) is 4.68 Å². The van der Waals surface area contributed by atoms with E-state index in [9.17, 15) is 9.59 Å². The van der Waals surface area contributed by atoms with Crippen molar-refractivity contribution < 1.29 is 9.21 Å². The average Bonchev–Trinajstić information content (AvgIpc) is 2.93. The van der Waals surface area contributed by atoms with Gasteiger partial charge < -0.3 is 9.73 Å². The normalized spacial score (nSPS) is 11.3. The molecule has 0 aliphatic carbocycles. The fourth-order valence-electron chi connectivity index (χ4n) is 2.73. The molecule has 26 heavy (non-hydrogen) atoms. The number of amides is 1. The van der Waals surface area contributed by atoms with Gasteiger partial charge in [-0.25, -0.2) is 9.67 Å². The van der Waals surface area contributed by atoms with Gasteiger partial charge in [0.2, 0.25) is 5.89 Å². The maximum absolute atomic E-state index is 12.7. The predicted octanol–water partition coefficient (Wildman–Crippen LogP) is 2.59. The van der Waals surface area contributed by atoms with E-state index in [1.807, 2.05) is 27.7 Å². The molecule has 0 spiro atoms. The molecule has 2 aromatic heterocycles. The Kier molecular flexibility index (Phi) is 4.88. The summed E-state index contributed by atoms with van der Waals surface area (Å²) in [7, 11) is 0. The third-order valence-electron chi connectivity index (χ3n) is 4.09. The molecule has 7 nitrogen and oxygen atoms in total. The SMILES string of the molecule is Cc1nc(CNC(=O)c2nn(CC(C)C)c(=O)c3ccccc23)oc1C. The van der Waals surface area contributed by atoms with Crippen LogP contribution >= 0.6 is 0 Å². The highest BCUT2D eigenvalue weighted by atomic mass is 16.4. The minimum atomic E-state index is -0.368. The smallest absolute Gasteiger partial charge is 0.274 e. The first kappa shape index (κ1) is 17.8. The lowest BCUT2D eigenvalue weighted by Gasteiger charge is -2.12. The van der Waals surface area contributed by atoms with Crippen molar-refractivity contribution >= 4 is 16.7 Å². The van der Waals surface area contributed by atoms with E-state index in [4.69, 9.17) is 4.42 Å². The van der Waals surface area contributed by atoms with E-state index < -0.39 is 0 Å². The van der Waals surface area contributed by atoms with Crippen LogP contribution in [0, 0.1) is 19.8 Å². The Labute approximate surface area is 151 Å². The number of fused-ring (bicyclic) bond motifs is 1. The molecule has 1 N–H and O–H groups in total. The summed E-state index contributed by atoms with van der Waals surface area (Å²) < 4.78 is 6.84. The molecular weight excluding hydrogens is 332 g/mol. The molecule has 1 amide bonds. The highest BCUT2D eigenvalue weighted by molar-refractivity contribution is 6.04. The lowest BCUT2D eigenvalue weighted by atomic mass is 10.1. The van der Waals surface area contributed by atoms with E-state index in [-0.39, 0.29) is 29.6 Å². The number of hydrogen-bond donors (Lipinski definition) is 1. The molecule has 0 saturated carbocycles. The van der Waals surface area contributed by atoms with Gasteiger partial charge in [-0.2, -0.15) is 5.10 Å². The first-order chi connectivity index (χ1) is 12.4. The average molecular weight is 354 g/mol. The Bertz CT molecular complexity index is 998. The topological polar surface area (TPSA) is 90.0 Å². The summed E-state index contributed by atoms with van der Waals surface area (Å²) in [4.78, 5) is 29.6. The third-order valence-corrected chi connectivity index (χ3v) is 4.09. The molecule has 3 aromatic rings. The molecule has 7 heteroatoms. The first-order valence-corrected chi connectivity index (χ1v) is 8.57. The lowest BCUT2D eigenvalue weighted by Crippen LogP contribution is -2.31. The summed E-state index contributed by atoms with van der Waals surface area (Å²) >= 11 is 0. The van der Waals surface area contributed by atoms with Crippen molar-refractivity contribution in [2.45, 2.75) is 40.8 Å². The van der Waals surface area contributed by atoms with Crippen LogP contribution in [0.25, 0.3) is 10.8 Å². The van der Waals surface area contributed by atoms with Crippen LogP contribution < -0.4 is 10.9 Å². The van der Waals surface area contributed by atoms with Gasteiger partial charge >= 0.3 is 0 Å². The second-order valence-corrected chi connectivity index (χ2v) is 6.71. The van der Waals surface area contributed by atoms with Crippen LogP contribution in [0.15, 0.2) is 33.5 Å². The summed E-state index contributed by atoms with van der Waals surface area (Å²) in [5.41, 5.74) is 0.828. The van der Waals surface area contributed by atoms with Crippen molar-refractivity contribution in [2.75, 3.05) is 0 Å². The second kappa shape index (κ2) is 7.11. The molecule has 136 valence electrons. The molecule has 0 atom stereocenters. The fourth-order valence-corrected chi connectivity index (χ4v) is 2.73. The maximum atomic E-state index is 12.7. The highest BCUT2D eigenvalue weighted by Crippen LogP contribution is 2.14. The summed E-state index contributed by atoms with van der Waals surface area (Å²) in [6.45, 7) is 8.27. The third kappa shape index (κ3) is 3.51. The molecule has 0 radical (unpaired) electrons. The quantitative estimate of drug-likeness (QED) is 0.760. The van der Waals surface area contributed by atoms with Crippen LogP contribution in [0.3, 0.4) is 0 Å². The minimum absolute atomic E-state index is 0.160. The van der Waals surface area contributed by atoms with E-state index in [1.54, 1.807) is 24.3 Å². The van der Waals surface area contributed by atoms with Crippen molar-refractivity contribution in [3.63, 3.8) is 0 Å². The van der Waals surface area contributed by atoms with Crippen LogP contribution in [0.2, 0.25) is 0 Å². The standard InChI is InChI=1S/C19H22N4O3/c1-11(2)10-23-19(25)15-8-6-5-7-14(15)17(22-23)18(24)20-9-16-21-12(3)13(4)26-16/h5-8,11H,9-10H2,1-4H3,(H,20,24). The van der Waals surface area contributed by atoms with Gasteiger partial charge in [0.15, 0.2) is 5.69 Å². The molecular formula is C19H22N4O3. The molecule has 2 heterocycles. The Hall–Kier alpha value is -2.96. The van der Waals surface area contributed by atoms with Crippen LogP contribution in [-0.4, -0.2) is 20.7 Å². The number of benzene rings is 1. The number of hydrogen-bond acceptors (Lipinski definition) is 5. The molecule has 1 aromatic carbocycles. The first-order valence-electron chi connectivity index (χ1n) is 8.57. The van der Waals surface area contributed by atoms with E-state index in [2.05, 4.69) is 15.4 Å². The number of oxazole rings is 1. The lowest BCUT2D eigenvalue weighted by molar-refractivity contribution is 0.0941. The molecule has 0 unspecified atom stereocenters. The Balaban J connectivity index is 1.95. The summed E-state index contributed by atoms with van der Waals surface area (Å²) in [5, 5.41) is 8.11. The maximum Gasteiger partial charge on any atom is 0.274 e. The van der Waals surface area contributed by atoms with Crippen molar-refractivity contribution in [1.29, 1.82) is 0 Å². The van der Waals surface area contributed by atoms with Gasteiger partial charge in [-0.1, -0.05) is 32.0 Å². The number of aromatic nitrogens is 3. The number of rotatable bonds is 5. The number of carbonyl (C=O) groups is 1. The van der Waals surface area contributed by atoms with Gasteiger partial charge in [-0.15, -0.1) is 0 Å². The molecule has 0 bridgehead atoms. The molecule has 0 fully saturated rings.